The molecule has 1 unspecified atom stereocenters. The quantitative estimate of drug-likeness (QED) is 0.581. The largest absolute Gasteiger partial charge is 0.508 e. The summed E-state index contributed by atoms with van der Waals surface area (Å²) in [6, 6.07) is 6.99. The summed E-state index contributed by atoms with van der Waals surface area (Å²) < 4.78 is 0. The summed E-state index contributed by atoms with van der Waals surface area (Å²) in [5, 5.41) is 9.16. The van der Waals surface area contributed by atoms with Crippen molar-refractivity contribution in [3.63, 3.8) is 0 Å². The molecule has 2 heteroatoms. The SMILES string of the molecule is C/C=C(\C)C(C)(Cl)c1ccc(O)cc1. The smallest absolute Gasteiger partial charge is 0.115 e. The third kappa shape index (κ3) is 2.10. The summed E-state index contributed by atoms with van der Waals surface area (Å²) in [4.78, 5) is -0.484. The topological polar surface area (TPSA) is 20.2 Å². The number of allylic oxidation sites excluding steroid dienone is 2. The molecule has 76 valence electrons. The normalized spacial score (nSPS) is 16.4. The van der Waals surface area contributed by atoms with Gasteiger partial charge in [0.25, 0.3) is 0 Å². The van der Waals surface area contributed by atoms with Crippen LogP contribution in [0.5, 0.6) is 5.75 Å². The highest BCUT2D eigenvalue weighted by molar-refractivity contribution is 6.25. The van der Waals surface area contributed by atoms with Crippen LogP contribution in [0.4, 0.5) is 0 Å². The predicted molar refractivity (Wildman–Crippen MR) is 60.7 cm³/mol. The fraction of sp³-hybridized carbons (Fsp3) is 0.333. The van der Waals surface area contributed by atoms with Crippen LogP contribution in [0.25, 0.3) is 0 Å². The molecule has 1 aromatic carbocycles. The summed E-state index contributed by atoms with van der Waals surface area (Å²) in [6.07, 6.45) is 2.00. The molecule has 0 aliphatic rings. The second-order valence-electron chi connectivity index (χ2n) is 3.52. The van der Waals surface area contributed by atoms with Crippen LogP contribution in [0.3, 0.4) is 0 Å². The Bertz CT molecular complexity index is 336. The van der Waals surface area contributed by atoms with E-state index in [2.05, 4.69) is 0 Å². The van der Waals surface area contributed by atoms with Crippen molar-refractivity contribution in [2.24, 2.45) is 0 Å². The molecule has 0 aliphatic heterocycles. The molecule has 1 atom stereocenters. The number of hydrogen-bond acceptors (Lipinski definition) is 1. The molecule has 1 rings (SSSR count). The van der Waals surface area contributed by atoms with Crippen molar-refractivity contribution in [3.05, 3.63) is 41.5 Å². The van der Waals surface area contributed by atoms with Gasteiger partial charge in [0.05, 0.1) is 4.87 Å². The van der Waals surface area contributed by atoms with Crippen LogP contribution in [0, 0.1) is 0 Å². The molecule has 0 fully saturated rings. The third-order valence-electron chi connectivity index (χ3n) is 2.58. The van der Waals surface area contributed by atoms with E-state index in [0.29, 0.717) is 0 Å². The van der Waals surface area contributed by atoms with Gasteiger partial charge in [0.15, 0.2) is 0 Å². The first kappa shape index (κ1) is 11.1. The molecule has 0 radical (unpaired) electrons. The van der Waals surface area contributed by atoms with E-state index in [9.17, 15) is 0 Å². The number of rotatable bonds is 2. The molecule has 0 aromatic heterocycles. The van der Waals surface area contributed by atoms with Crippen molar-refractivity contribution in [2.45, 2.75) is 25.6 Å². The van der Waals surface area contributed by atoms with Gasteiger partial charge in [-0.15, -0.1) is 11.6 Å². The van der Waals surface area contributed by atoms with E-state index in [1.165, 1.54) is 0 Å². The number of halogens is 1. The van der Waals surface area contributed by atoms with Crippen LogP contribution in [0.1, 0.15) is 26.3 Å². The van der Waals surface area contributed by atoms with Gasteiger partial charge in [0.1, 0.15) is 5.75 Å². The molecule has 1 aromatic rings. The Morgan fingerprint density at radius 1 is 1.36 bits per heavy atom. The van der Waals surface area contributed by atoms with Crippen molar-refractivity contribution in [1.82, 2.24) is 0 Å². The summed E-state index contributed by atoms with van der Waals surface area (Å²) in [5.74, 6) is 0.263. The number of phenolic OH excluding ortho intramolecular Hbond substituents is 1. The Hall–Kier alpha value is -0.950. The van der Waals surface area contributed by atoms with Crippen molar-refractivity contribution in [3.8, 4) is 5.75 Å². The Labute approximate surface area is 90.0 Å². The molecule has 1 nitrogen and oxygen atoms in total. The first-order valence-corrected chi connectivity index (χ1v) is 4.98. The van der Waals surface area contributed by atoms with Gasteiger partial charge in [-0.1, -0.05) is 23.8 Å². The van der Waals surface area contributed by atoms with E-state index in [1.54, 1.807) is 12.1 Å². The molecule has 0 saturated heterocycles. The summed E-state index contributed by atoms with van der Waals surface area (Å²) in [5.41, 5.74) is 2.09. The number of benzene rings is 1. The Morgan fingerprint density at radius 3 is 2.29 bits per heavy atom. The highest BCUT2D eigenvalue weighted by Gasteiger charge is 2.24. The van der Waals surface area contributed by atoms with E-state index in [1.807, 2.05) is 39.0 Å². The fourth-order valence-corrected chi connectivity index (χ4v) is 1.51. The molecule has 0 heterocycles. The van der Waals surface area contributed by atoms with Gasteiger partial charge in [0, 0.05) is 0 Å². The fourth-order valence-electron chi connectivity index (χ4n) is 1.27. The Morgan fingerprint density at radius 2 is 1.86 bits per heavy atom. The van der Waals surface area contributed by atoms with Gasteiger partial charge in [-0.05, 0) is 38.5 Å². The van der Waals surface area contributed by atoms with Crippen molar-refractivity contribution >= 4 is 11.6 Å². The highest BCUT2D eigenvalue weighted by Crippen LogP contribution is 2.36. The Balaban J connectivity index is 3.10. The number of phenols is 1. The maximum absolute atomic E-state index is 9.16. The molecule has 0 saturated carbocycles. The van der Waals surface area contributed by atoms with Crippen LogP contribution in [0.2, 0.25) is 0 Å². The highest BCUT2D eigenvalue weighted by atomic mass is 35.5. The van der Waals surface area contributed by atoms with Crippen LogP contribution >= 0.6 is 11.6 Å². The zero-order valence-corrected chi connectivity index (χ0v) is 9.47. The lowest BCUT2D eigenvalue weighted by atomic mass is 9.93. The monoisotopic (exact) mass is 210 g/mol. The molecule has 0 aliphatic carbocycles. The summed E-state index contributed by atoms with van der Waals surface area (Å²) in [6.45, 7) is 5.92. The molecule has 14 heavy (non-hydrogen) atoms. The first-order valence-electron chi connectivity index (χ1n) is 4.60. The van der Waals surface area contributed by atoms with Gasteiger partial charge in [-0.2, -0.15) is 0 Å². The van der Waals surface area contributed by atoms with E-state index in [4.69, 9.17) is 16.7 Å². The lowest BCUT2D eigenvalue weighted by molar-refractivity contribution is 0.475. The van der Waals surface area contributed by atoms with Gasteiger partial charge in [-0.25, -0.2) is 0 Å². The summed E-state index contributed by atoms with van der Waals surface area (Å²) in [7, 11) is 0. The number of hydrogen-bond donors (Lipinski definition) is 1. The Kier molecular flexibility index (Phi) is 3.22. The second kappa shape index (κ2) is 4.05. The maximum Gasteiger partial charge on any atom is 0.115 e. The predicted octanol–water partition coefficient (Wildman–Crippen LogP) is 3.81. The van der Waals surface area contributed by atoms with Gasteiger partial charge in [-0.3, -0.25) is 0 Å². The number of alkyl halides is 1. The van der Waals surface area contributed by atoms with Gasteiger partial charge in [0.2, 0.25) is 0 Å². The van der Waals surface area contributed by atoms with Gasteiger partial charge < -0.3 is 5.11 Å². The molecule has 0 bridgehead atoms. The van der Waals surface area contributed by atoms with E-state index in [-0.39, 0.29) is 5.75 Å². The summed E-state index contributed by atoms with van der Waals surface area (Å²) >= 11 is 6.41. The van der Waals surface area contributed by atoms with E-state index < -0.39 is 4.87 Å². The van der Waals surface area contributed by atoms with E-state index >= 15 is 0 Å². The second-order valence-corrected chi connectivity index (χ2v) is 4.28. The lowest BCUT2D eigenvalue weighted by Gasteiger charge is -2.23. The average Bonchev–Trinajstić information content (AvgIpc) is 2.17. The minimum absolute atomic E-state index is 0.263. The molecule has 0 spiro atoms. The van der Waals surface area contributed by atoms with Crippen LogP contribution in [-0.4, -0.2) is 5.11 Å². The van der Waals surface area contributed by atoms with Crippen molar-refractivity contribution < 1.29 is 5.11 Å². The van der Waals surface area contributed by atoms with Crippen LogP contribution in [-0.2, 0) is 4.87 Å². The first-order chi connectivity index (χ1) is 6.48. The van der Waals surface area contributed by atoms with Crippen LogP contribution in [0.15, 0.2) is 35.9 Å². The van der Waals surface area contributed by atoms with Gasteiger partial charge >= 0.3 is 0 Å². The standard InChI is InChI=1S/C12H15ClO/c1-4-9(2)12(3,13)10-5-7-11(14)8-6-10/h4-8,14H,1-3H3/b9-4+. The maximum atomic E-state index is 9.16. The zero-order valence-electron chi connectivity index (χ0n) is 8.71. The lowest BCUT2D eigenvalue weighted by Crippen LogP contribution is -2.14. The number of aromatic hydroxyl groups is 1. The van der Waals surface area contributed by atoms with Crippen molar-refractivity contribution in [1.29, 1.82) is 0 Å². The van der Waals surface area contributed by atoms with E-state index in [0.717, 1.165) is 11.1 Å². The van der Waals surface area contributed by atoms with Crippen molar-refractivity contribution in [2.75, 3.05) is 0 Å². The molecule has 1 N–H and O–H groups in total. The minimum atomic E-state index is -0.484. The van der Waals surface area contributed by atoms with Crippen LogP contribution < -0.4 is 0 Å². The molecular formula is C12H15ClO. The molecular weight excluding hydrogens is 196 g/mol. The minimum Gasteiger partial charge on any atom is -0.508 e. The molecule has 0 amide bonds. The zero-order chi connectivity index (χ0) is 10.8. The third-order valence-corrected chi connectivity index (χ3v) is 3.10. The average molecular weight is 211 g/mol.